The van der Waals surface area contributed by atoms with Crippen LogP contribution in [0.25, 0.3) is 0 Å². The number of methoxy groups -OCH3 is 2. The number of rotatable bonds is 5. The lowest BCUT2D eigenvalue weighted by Crippen LogP contribution is -2.33. The van der Waals surface area contributed by atoms with Crippen LogP contribution in [0, 0.1) is 0 Å². The van der Waals surface area contributed by atoms with Gasteiger partial charge in [-0.3, -0.25) is 0 Å². The van der Waals surface area contributed by atoms with Crippen LogP contribution in [0.4, 0.5) is 8.78 Å². The SMILES string of the molecule is COc1cc(C(C)(F)F)c(C2(C(C)N)CC2)cc1OC. The number of nitrogens with two attached hydrogens (primary N) is 1. The molecule has 1 aliphatic rings. The van der Waals surface area contributed by atoms with Crippen LogP contribution in [0.2, 0.25) is 0 Å². The van der Waals surface area contributed by atoms with E-state index in [1.54, 1.807) is 6.07 Å². The van der Waals surface area contributed by atoms with Crippen molar-refractivity contribution in [2.24, 2.45) is 5.73 Å². The fourth-order valence-electron chi connectivity index (χ4n) is 2.76. The lowest BCUT2D eigenvalue weighted by Gasteiger charge is -2.27. The second kappa shape index (κ2) is 4.88. The number of halogens is 2. The number of hydrogen-bond acceptors (Lipinski definition) is 3. The summed E-state index contributed by atoms with van der Waals surface area (Å²) in [5.74, 6) is -2.17. The highest BCUT2D eigenvalue weighted by atomic mass is 19.3. The summed E-state index contributed by atoms with van der Waals surface area (Å²) in [5.41, 5.74) is 6.21. The summed E-state index contributed by atoms with van der Waals surface area (Å²) < 4.78 is 38.3. The zero-order valence-corrected chi connectivity index (χ0v) is 12.3. The molecular formula is C15H21F2NO2. The van der Waals surface area contributed by atoms with E-state index in [2.05, 4.69) is 0 Å². The van der Waals surface area contributed by atoms with Gasteiger partial charge in [-0.2, -0.15) is 0 Å². The lowest BCUT2D eigenvalue weighted by molar-refractivity contribution is 0.0156. The van der Waals surface area contributed by atoms with Crippen LogP contribution in [-0.4, -0.2) is 20.3 Å². The molecule has 3 nitrogen and oxygen atoms in total. The van der Waals surface area contributed by atoms with Crippen molar-refractivity contribution in [3.05, 3.63) is 23.3 Å². The standard InChI is InChI=1S/C15H21F2NO2/c1-9(18)15(5-6-15)11-8-13(20-4)12(19-3)7-10(11)14(2,16)17/h7-9H,5-6,18H2,1-4H3. The Bertz CT molecular complexity index is 505. The van der Waals surface area contributed by atoms with Crippen LogP contribution in [0.15, 0.2) is 12.1 Å². The van der Waals surface area contributed by atoms with Crippen LogP contribution in [0.1, 0.15) is 37.8 Å². The second-order valence-electron chi connectivity index (χ2n) is 5.59. The van der Waals surface area contributed by atoms with E-state index < -0.39 is 5.92 Å². The Hall–Kier alpha value is -1.36. The molecule has 0 bridgehead atoms. The number of hydrogen-bond donors (Lipinski definition) is 1. The molecule has 1 aromatic rings. The van der Waals surface area contributed by atoms with Crippen LogP contribution in [-0.2, 0) is 11.3 Å². The Morgan fingerprint density at radius 1 is 1.20 bits per heavy atom. The van der Waals surface area contributed by atoms with E-state index in [0.29, 0.717) is 17.1 Å². The maximum absolute atomic E-state index is 14.0. The number of benzene rings is 1. The van der Waals surface area contributed by atoms with Gasteiger partial charge in [0.1, 0.15) is 0 Å². The van der Waals surface area contributed by atoms with Crippen molar-refractivity contribution >= 4 is 0 Å². The van der Waals surface area contributed by atoms with Gasteiger partial charge in [-0.05, 0) is 37.5 Å². The van der Waals surface area contributed by atoms with Crippen molar-refractivity contribution in [1.82, 2.24) is 0 Å². The normalized spacial score (nSPS) is 18.6. The summed E-state index contributed by atoms with van der Waals surface area (Å²) in [4.78, 5) is 0. The number of alkyl halides is 2. The summed E-state index contributed by atoms with van der Waals surface area (Å²) in [6.07, 6.45) is 1.65. The first-order valence-corrected chi connectivity index (χ1v) is 6.66. The third-order valence-electron chi connectivity index (χ3n) is 4.19. The average Bonchev–Trinajstić information content (AvgIpc) is 3.17. The molecule has 20 heavy (non-hydrogen) atoms. The minimum Gasteiger partial charge on any atom is -0.493 e. The second-order valence-corrected chi connectivity index (χ2v) is 5.59. The predicted octanol–water partition coefficient (Wildman–Crippen LogP) is 3.19. The monoisotopic (exact) mass is 285 g/mol. The predicted molar refractivity (Wildman–Crippen MR) is 73.7 cm³/mol. The first-order valence-electron chi connectivity index (χ1n) is 6.66. The van der Waals surface area contributed by atoms with Crippen LogP contribution >= 0.6 is 0 Å². The molecule has 1 fully saturated rings. The molecule has 0 amide bonds. The zero-order chi connectivity index (χ0) is 15.1. The van der Waals surface area contributed by atoms with E-state index in [1.807, 2.05) is 6.92 Å². The van der Waals surface area contributed by atoms with Crippen molar-refractivity contribution < 1.29 is 18.3 Å². The van der Waals surface area contributed by atoms with Gasteiger partial charge < -0.3 is 15.2 Å². The van der Waals surface area contributed by atoms with Gasteiger partial charge >= 0.3 is 0 Å². The van der Waals surface area contributed by atoms with Crippen LogP contribution in [0.5, 0.6) is 11.5 Å². The molecular weight excluding hydrogens is 264 g/mol. The van der Waals surface area contributed by atoms with E-state index in [0.717, 1.165) is 19.8 Å². The summed E-state index contributed by atoms with van der Waals surface area (Å²) in [5, 5.41) is 0. The number of ether oxygens (including phenoxy) is 2. The minimum absolute atomic E-state index is 0.0232. The Balaban J connectivity index is 2.65. The molecule has 1 aliphatic carbocycles. The highest BCUT2D eigenvalue weighted by Gasteiger charge is 2.51. The van der Waals surface area contributed by atoms with Crippen LogP contribution in [0.3, 0.4) is 0 Å². The molecule has 0 aliphatic heterocycles. The van der Waals surface area contributed by atoms with Crippen molar-refractivity contribution in [3.8, 4) is 11.5 Å². The summed E-state index contributed by atoms with van der Waals surface area (Å²) in [7, 11) is 2.93. The van der Waals surface area contributed by atoms with Gasteiger partial charge in [0.25, 0.3) is 5.92 Å². The fraction of sp³-hybridized carbons (Fsp3) is 0.600. The molecule has 0 radical (unpaired) electrons. The van der Waals surface area contributed by atoms with Gasteiger partial charge in [0.2, 0.25) is 0 Å². The first-order chi connectivity index (χ1) is 9.26. The Morgan fingerprint density at radius 2 is 1.70 bits per heavy atom. The van der Waals surface area contributed by atoms with Gasteiger partial charge in [-0.25, -0.2) is 8.78 Å². The topological polar surface area (TPSA) is 44.5 Å². The van der Waals surface area contributed by atoms with E-state index in [1.165, 1.54) is 20.3 Å². The molecule has 1 saturated carbocycles. The quantitative estimate of drug-likeness (QED) is 0.903. The van der Waals surface area contributed by atoms with Gasteiger partial charge in [0, 0.05) is 23.9 Å². The molecule has 112 valence electrons. The lowest BCUT2D eigenvalue weighted by atomic mass is 9.84. The maximum Gasteiger partial charge on any atom is 0.270 e. The van der Waals surface area contributed by atoms with Gasteiger partial charge in [0.05, 0.1) is 14.2 Å². The average molecular weight is 285 g/mol. The van der Waals surface area contributed by atoms with E-state index in [4.69, 9.17) is 15.2 Å². The third kappa shape index (κ3) is 2.35. The van der Waals surface area contributed by atoms with E-state index >= 15 is 0 Å². The van der Waals surface area contributed by atoms with Gasteiger partial charge in [-0.1, -0.05) is 0 Å². The van der Waals surface area contributed by atoms with E-state index in [9.17, 15) is 8.78 Å². The molecule has 2 rings (SSSR count). The van der Waals surface area contributed by atoms with Crippen molar-refractivity contribution in [1.29, 1.82) is 0 Å². The van der Waals surface area contributed by atoms with Gasteiger partial charge in [-0.15, -0.1) is 0 Å². The molecule has 0 saturated heterocycles. The zero-order valence-electron chi connectivity index (χ0n) is 12.3. The van der Waals surface area contributed by atoms with E-state index in [-0.39, 0.29) is 17.0 Å². The molecule has 1 atom stereocenters. The molecule has 0 aromatic heterocycles. The summed E-state index contributed by atoms with van der Waals surface area (Å²) >= 11 is 0. The highest BCUT2D eigenvalue weighted by molar-refractivity contribution is 5.53. The largest absolute Gasteiger partial charge is 0.493 e. The van der Waals surface area contributed by atoms with Crippen molar-refractivity contribution in [2.75, 3.05) is 14.2 Å². The third-order valence-corrected chi connectivity index (χ3v) is 4.19. The fourth-order valence-corrected chi connectivity index (χ4v) is 2.76. The van der Waals surface area contributed by atoms with Crippen molar-refractivity contribution in [2.45, 2.75) is 44.1 Å². The Morgan fingerprint density at radius 3 is 2.05 bits per heavy atom. The molecule has 0 heterocycles. The highest BCUT2D eigenvalue weighted by Crippen LogP contribution is 2.55. The Labute approximate surface area is 118 Å². The summed E-state index contributed by atoms with van der Waals surface area (Å²) in [6, 6.07) is 2.85. The van der Waals surface area contributed by atoms with Gasteiger partial charge in [0.15, 0.2) is 11.5 Å². The molecule has 2 N–H and O–H groups in total. The van der Waals surface area contributed by atoms with Crippen molar-refractivity contribution in [3.63, 3.8) is 0 Å². The van der Waals surface area contributed by atoms with Crippen LogP contribution < -0.4 is 15.2 Å². The first kappa shape index (κ1) is 15.0. The molecule has 1 aromatic carbocycles. The minimum atomic E-state index is -2.95. The maximum atomic E-state index is 14.0. The molecule has 1 unspecified atom stereocenters. The smallest absolute Gasteiger partial charge is 0.270 e. The molecule has 5 heteroatoms. The molecule has 0 spiro atoms. The Kier molecular flexibility index (Phi) is 3.67. The summed E-state index contributed by atoms with van der Waals surface area (Å²) in [6.45, 7) is 2.76.